The average Bonchev–Trinajstić information content (AvgIpc) is 2.58. The summed E-state index contributed by atoms with van der Waals surface area (Å²) >= 11 is 0. The molecule has 146 valence electrons. The number of rotatable bonds is 6. The van der Waals surface area contributed by atoms with Gasteiger partial charge in [-0.2, -0.15) is 0 Å². The molecule has 0 aromatic heterocycles. The van der Waals surface area contributed by atoms with E-state index < -0.39 is 10.0 Å². The molecule has 2 aromatic carbocycles. The van der Waals surface area contributed by atoms with Crippen molar-refractivity contribution >= 4 is 21.6 Å². The molecule has 2 rings (SSSR count). The summed E-state index contributed by atoms with van der Waals surface area (Å²) in [4.78, 5) is 12.2. The second-order valence-electron chi connectivity index (χ2n) is 7.40. The van der Waals surface area contributed by atoms with Crippen LogP contribution in [0.3, 0.4) is 0 Å². The van der Waals surface area contributed by atoms with E-state index in [2.05, 4.69) is 10.0 Å². The van der Waals surface area contributed by atoms with Gasteiger partial charge in [0, 0.05) is 17.8 Å². The Labute approximate surface area is 160 Å². The lowest BCUT2D eigenvalue weighted by molar-refractivity contribution is 0.0945. The number of carbonyl (C=O) groups excluding carboxylic acids is 1. The van der Waals surface area contributed by atoms with Gasteiger partial charge in [0.05, 0.1) is 11.5 Å². The molecule has 1 amide bonds. The molecule has 0 saturated heterocycles. The van der Waals surface area contributed by atoms with Crippen LogP contribution in [0.2, 0.25) is 0 Å². The second-order valence-corrected chi connectivity index (χ2v) is 9.05. The molecule has 3 N–H and O–H groups in total. The van der Waals surface area contributed by atoms with Gasteiger partial charge in [-0.3, -0.25) is 9.52 Å². The van der Waals surface area contributed by atoms with Crippen molar-refractivity contribution in [3.05, 3.63) is 59.2 Å². The molecule has 0 spiro atoms. The van der Waals surface area contributed by atoms with Gasteiger partial charge in [-0.05, 0) is 47.7 Å². The number of amides is 1. The molecule has 0 fully saturated rings. The van der Waals surface area contributed by atoms with E-state index in [0.717, 1.165) is 5.56 Å². The number of nitrogens with one attached hydrogen (secondary N) is 2. The van der Waals surface area contributed by atoms with Crippen LogP contribution >= 0.6 is 0 Å². The largest absolute Gasteiger partial charge is 0.395 e. The third-order valence-corrected chi connectivity index (χ3v) is 5.64. The van der Waals surface area contributed by atoms with Crippen LogP contribution in [0.25, 0.3) is 0 Å². The summed E-state index contributed by atoms with van der Waals surface area (Å²) in [6, 6.07) is 11.7. The number of sulfonamides is 1. The van der Waals surface area contributed by atoms with Crippen LogP contribution in [0.5, 0.6) is 0 Å². The molecule has 7 heteroatoms. The molecule has 27 heavy (non-hydrogen) atoms. The molecular weight excluding hydrogens is 364 g/mol. The van der Waals surface area contributed by atoms with Crippen molar-refractivity contribution in [3.8, 4) is 0 Å². The van der Waals surface area contributed by atoms with Gasteiger partial charge in [0.1, 0.15) is 0 Å². The highest BCUT2D eigenvalue weighted by atomic mass is 32.2. The highest BCUT2D eigenvalue weighted by Gasteiger charge is 2.22. The smallest absolute Gasteiger partial charge is 0.262 e. The first-order chi connectivity index (χ1) is 12.5. The summed E-state index contributed by atoms with van der Waals surface area (Å²) in [7, 11) is -3.81. The number of hydrogen-bond donors (Lipinski definition) is 3. The third kappa shape index (κ3) is 5.30. The highest BCUT2D eigenvalue weighted by Crippen LogP contribution is 2.28. The Morgan fingerprint density at radius 2 is 1.81 bits per heavy atom. The first-order valence-corrected chi connectivity index (χ1v) is 10.2. The average molecular weight is 391 g/mol. The van der Waals surface area contributed by atoms with Gasteiger partial charge in [-0.1, -0.05) is 39.0 Å². The topological polar surface area (TPSA) is 95.5 Å². The van der Waals surface area contributed by atoms with Crippen molar-refractivity contribution in [1.82, 2.24) is 5.32 Å². The Balaban J connectivity index is 2.33. The van der Waals surface area contributed by atoms with E-state index >= 15 is 0 Å². The minimum atomic E-state index is -3.81. The molecule has 0 bridgehead atoms. The summed E-state index contributed by atoms with van der Waals surface area (Å²) in [6.45, 7) is 7.79. The zero-order valence-corrected chi connectivity index (χ0v) is 16.9. The van der Waals surface area contributed by atoms with E-state index in [4.69, 9.17) is 5.11 Å². The molecule has 0 unspecified atom stereocenters. The fourth-order valence-corrected chi connectivity index (χ4v) is 3.88. The molecule has 0 radical (unpaired) electrons. The molecule has 0 aliphatic rings. The van der Waals surface area contributed by atoms with Crippen molar-refractivity contribution in [3.63, 3.8) is 0 Å². The third-order valence-electron chi connectivity index (χ3n) is 4.12. The minimum absolute atomic E-state index is 0.133. The van der Waals surface area contributed by atoms with Crippen LogP contribution in [0, 0.1) is 6.92 Å². The molecule has 0 aliphatic heterocycles. The zero-order chi connectivity index (χ0) is 20.2. The highest BCUT2D eigenvalue weighted by molar-refractivity contribution is 7.92. The van der Waals surface area contributed by atoms with Gasteiger partial charge in [0.25, 0.3) is 15.9 Å². The zero-order valence-electron chi connectivity index (χ0n) is 16.0. The van der Waals surface area contributed by atoms with Crippen molar-refractivity contribution in [2.45, 2.75) is 38.0 Å². The molecule has 6 nitrogen and oxygen atoms in total. The van der Waals surface area contributed by atoms with Crippen molar-refractivity contribution in [2.75, 3.05) is 17.9 Å². The van der Waals surface area contributed by atoms with E-state index in [1.807, 2.05) is 26.8 Å². The fraction of sp³-hybridized carbons (Fsp3) is 0.350. The van der Waals surface area contributed by atoms with Crippen LogP contribution < -0.4 is 10.0 Å². The Morgan fingerprint density at radius 1 is 1.11 bits per heavy atom. The van der Waals surface area contributed by atoms with Crippen LogP contribution in [0.1, 0.15) is 42.3 Å². The SMILES string of the molecule is Cc1ccc(C(C)(C)C)cc1S(=O)(=O)Nc1cccc(C(=O)NCCO)c1. The second kappa shape index (κ2) is 8.10. The van der Waals surface area contributed by atoms with E-state index in [1.54, 1.807) is 37.3 Å². The molecule has 0 atom stereocenters. The van der Waals surface area contributed by atoms with Gasteiger partial charge >= 0.3 is 0 Å². The van der Waals surface area contributed by atoms with Crippen molar-refractivity contribution in [1.29, 1.82) is 0 Å². The van der Waals surface area contributed by atoms with Crippen molar-refractivity contribution < 1.29 is 18.3 Å². The quantitative estimate of drug-likeness (QED) is 0.707. The van der Waals surface area contributed by atoms with E-state index in [0.29, 0.717) is 16.8 Å². The Hall–Kier alpha value is -2.38. The van der Waals surface area contributed by atoms with Crippen LogP contribution in [0.4, 0.5) is 5.69 Å². The maximum absolute atomic E-state index is 12.9. The summed E-state index contributed by atoms with van der Waals surface area (Å²) in [5, 5.41) is 11.3. The Bertz CT molecular complexity index is 931. The lowest BCUT2D eigenvalue weighted by Crippen LogP contribution is -2.26. The lowest BCUT2D eigenvalue weighted by atomic mass is 9.87. The maximum atomic E-state index is 12.9. The molecule has 0 aliphatic carbocycles. The summed E-state index contributed by atoms with van der Waals surface area (Å²) < 4.78 is 28.4. The van der Waals surface area contributed by atoms with Crippen molar-refractivity contribution in [2.24, 2.45) is 0 Å². The summed E-state index contributed by atoms with van der Waals surface area (Å²) in [5.41, 5.74) is 2.00. The van der Waals surface area contributed by atoms with E-state index in [9.17, 15) is 13.2 Å². The number of anilines is 1. The number of benzene rings is 2. The van der Waals surface area contributed by atoms with E-state index in [1.165, 1.54) is 6.07 Å². The lowest BCUT2D eigenvalue weighted by Gasteiger charge is -2.21. The van der Waals surface area contributed by atoms with Gasteiger partial charge < -0.3 is 10.4 Å². The molecule has 0 heterocycles. The van der Waals surface area contributed by atoms with Crippen LogP contribution in [0.15, 0.2) is 47.4 Å². The standard InChI is InChI=1S/C20H26N2O4S/c1-14-8-9-16(20(2,3)4)13-18(14)27(25,26)22-17-7-5-6-15(12-17)19(24)21-10-11-23/h5-9,12-13,22-23H,10-11H2,1-4H3,(H,21,24). The maximum Gasteiger partial charge on any atom is 0.262 e. The fourth-order valence-electron chi connectivity index (χ4n) is 2.56. The van der Waals surface area contributed by atoms with Gasteiger partial charge in [0.15, 0.2) is 0 Å². The Morgan fingerprint density at radius 3 is 2.44 bits per heavy atom. The number of hydrogen-bond acceptors (Lipinski definition) is 4. The number of aryl methyl sites for hydroxylation is 1. The summed E-state index contributed by atoms with van der Waals surface area (Å²) in [6.07, 6.45) is 0. The van der Waals surface area contributed by atoms with Crippen LogP contribution in [-0.2, 0) is 15.4 Å². The van der Waals surface area contributed by atoms with Crippen LogP contribution in [-0.4, -0.2) is 32.6 Å². The number of aliphatic hydroxyl groups excluding tert-OH is 1. The summed E-state index contributed by atoms with van der Waals surface area (Å²) in [5.74, 6) is -0.379. The normalized spacial score (nSPS) is 11.9. The predicted octanol–water partition coefficient (Wildman–Crippen LogP) is 2.82. The van der Waals surface area contributed by atoms with E-state index in [-0.39, 0.29) is 29.4 Å². The first-order valence-electron chi connectivity index (χ1n) is 8.67. The molecule has 0 saturated carbocycles. The number of aliphatic hydroxyl groups is 1. The van der Waals surface area contributed by atoms with Gasteiger partial charge in [-0.15, -0.1) is 0 Å². The number of carbonyl (C=O) groups is 1. The molecule has 2 aromatic rings. The minimum Gasteiger partial charge on any atom is -0.395 e. The Kier molecular flexibility index (Phi) is 6.28. The molecular formula is C20H26N2O4S. The first kappa shape index (κ1) is 20.9. The monoisotopic (exact) mass is 390 g/mol. The predicted molar refractivity (Wildman–Crippen MR) is 107 cm³/mol. The van der Waals surface area contributed by atoms with Gasteiger partial charge in [-0.25, -0.2) is 8.42 Å². The van der Waals surface area contributed by atoms with Gasteiger partial charge in [0.2, 0.25) is 0 Å².